The maximum atomic E-state index is 12.4. The Morgan fingerprint density at radius 3 is 2.70 bits per heavy atom. The Kier molecular flexibility index (Phi) is 5.12. The predicted octanol–water partition coefficient (Wildman–Crippen LogP) is 1.79. The van der Waals surface area contributed by atoms with Gasteiger partial charge in [0.2, 0.25) is 0 Å². The normalized spacial score (nSPS) is 24.3. The van der Waals surface area contributed by atoms with Crippen LogP contribution in [0.25, 0.3) is 0 Å². The van der Waals surface area contributed by atoms with E-state index in [-0.39, 0.29) is 11.1 Å². The van der Waals surface area contributed by atoms with E-state index in [1.165, 1.54) is 25.1 Å². The molecule has 1 aromatic heterocycles. The van der Waals surface area contributed by atoms with Gasteiger partial charge in [-0.05, 0) is 30.4 Å². The van der Waals surface area contributed by atoms with Crippen LogP contribution in [0.3, 0.4) is 0 Å². The first-order chi connectivity index (χ1) is 9.53. The molecule has 112 valence electrons. The molecule has 2 atom stereocenters. The molecule has 0 aliphatic heterocycles. The summed E-state index contributed by atoms with van der Waals surface area (Å²) in [6.07, 6.45) is 6.95. The van der Waals surface area contributed by atoms with Crippen molar-refractivity contribution < 1.29 is 8.42 Å². The van der Waals surface area contributed by atoms with Crippen molar-refractivity contribution in [2.24, 2.45) is 11.7 Å². The molecule has 0 aromatic carbocycles. The lowest BCUT2D eigenvalue weighted by Crippen LogP contribution is -2.39. The Morgan fingerprint density at radius 2 is 2.05 bits per heavy atom. The van der Waals surface area contributed by atoms with Crippen LogP contribution >= 0.6 is 0 Å². The lowest BCUT2D eigenvalue weighted by molar-refractivity contribution is 0.399. The first-order valence-corrected chi connectivity index (χ1v) is 8.68. The van der Waals surface area contributed by atoms with Crippen molar-refractivity contribution >= 4 is 10.0 Å². The maximum Gasteiger partial charge on any atom is 0.258 e. The van der Waals surface area contributed by atoms with Gasteiger partial charge in [0.1, 0.15) is 0 Å². The van der Waals surface area contributed by atoms with Gasteiger partial charge in [0.15, 0.2) is 5.03 Å². The van der Waals surface area contributed by atoms with Crippen LogP contribution in [0.15, 0.2) is 23.4 Å². The Morgan fingerprint density at radius 1 is 1.30 bits per heavy atom. The summed E-state index contributed by atoms with van der Waals surface area (Å²) in [5.74, 6) is 0.371. The van der Waals surface area contributed by atoms with Crippen molar-refractivity contribution in [3.05, 3.63) is 23.9 Å². The highest BCUT2D eigenvalue weighted by molar-refractivity contribution is 7.89. The lowest BCUT2D eigenvalue weighted by Gasteiger charge is -2.22. The number of rotatable bonds is 4. The molecule has 2 unspecified atom stereocenters. The quantitative estimate of drug-likeness (QED) is 0.830. The molecule has 0 bridgehead atoms. The summed E-state index contributed by atoms with van der Waals surface area (Å²) in [4.78, 5) is 4.00. The number of sulfonamides is 1. The molecular formula is C14H23N3O2S. The van der Waals surface area contributed by atoms with Crippen LogP contribution in [-0.4, -0.2) is 19.4 Å². The van der Waals surface area contributed by atoms with Crippen LogP contribution < -0.4 is 10.5 Å². The zero-order valence-corrected chi connectivity index (χ0v) is 12.7. The Bertz CT molecular complexity index is 528. The highest BCUT2D eigenvalue weighted by atomic mass is 32.2. The van der Waals surface area contributed by atoms with Crippen molar-refractivity contribution in [1.82, 2.24) is 9.71 Å². The first-order valence-electron chi connectivity index (χ1n) is 7.20. The zero-order chi connectivity index (χ0) is 14.6. The average Bonchev–Trinajstić information content (AvgIpc) is 2.64. The van der Waals surface area contributed by atoms with E-state index < -0.39 is 10.0 Å². The molecule has 1 heterocycles. The lowest BCUT2D eigenvalue weighted by atomic mass is 9.98. The standard InChI is InChI=1S/C14H23N3O2S/c1-11-5-3-2-4-6-13(11)17-20(18,19)14-8-7-12(9-15)10-16-14/h7-8,10-11,13,17H,2-6,9,15H2,1H3. The second-order valence-corrected chi connectivity index (χ2v) is 7.21. The number of pyridine rings is 1. The van der Waals surface area contributed by atoms with Crippen LogP contribution in [0.1, 0.15) is 44.6 Å². The fraction of sp³-hybridized carbons (Fsp3) is 0.643. The molecule has 1 fully saturated rings. The van der Waals surface area contributed by atoms with Gasteiger partial charge in [-0.15, -0.1) is 0 Å². The second kappa shape index (κ2) is 6.65. The maximum absolute atomic E-state index is 12.4. The van der Waals surface area contributed by atoms with E-state index in [1.807, 2.05) is 0 Å². The number of nitrogens with two attached hydrogens (primary N) is 1. The van der Waals surface area contributed by atoms with E-state index in [4.69, 9.17) is 5.73 Å². The molecule has 0 spiro atoms. The van der Waals surface area contributed by atoms with Gasteiger partial charge in [-0.3, -0.25) is 0 Å². The Labute approximate surface area is 121 Å². The molecule has 2 rings (SSSR count). The van der Waals surface area contributed by atoms with Crippen LogP contribution in [0.4, 0.5) is 0 Å². The first kappa shape index (κ1) is 15.4. The monoisotopic (exact) mass is 297 g/mol. The van der Waals surface area contributed by atoms with Gasteiger partial charge in [0.05, 0.1) is 0 Å². The van der Waals surface area contributed by atoms with Crippen molar-refractivity contribution in [3.8, 4) is 0 Å². The SMILES string of the molecule is CC1CCCCCC1NS(=O)(=O)c1ccc(CN)cn1. The number of nitrogens with one attached hydrogen (secondary N) is 1. The van der Waals surface area contributed by atoms with Gasteiger partial charge in [0.25, 0.3) is 10.0 Å². The number of nitrogens with zero attached hydrogens (tertiary/aromatic N) is 1. The second-order valence-electron chi connectivity index (χ2n) is 5.55. The third-order valence-corrected chi connectivity index (χ3v) is 5.38. The summed E-state index contributed by atoms with van der Waals surface area (Å²) in [5, 5.41) is 0.0751. The molecular weight excluding hydrogens is 274 g/mol. The van der Waals surface area contributed by atoms with Gasteiger partial charge < -0.3 is 5.73 Å². The summed E-state index contributed by atoms with van der Waals surface area (Å²) in [7, 11) is -3.54. The van der Waals surface area contributed by atoms with Crippen LogP contribution in [-0.2, 0) is 16.6 Å². The largest absolute Gasteiger partial charge is 0.326 e. The van der Waals surface area contributed by atoms with E-state index in [0.29, 0.717) is 12.5 Å². The number of hydrogen-bond acceptors (Lipinski definition) is 4. The van der Waals surface area contributed by atoms with Crippen LogP contribution in [0.2, 0.25) is 0 Å². The van der Waals surface area contributed by atoms with Gasteiger partial charge in [-0.2, -0.15) is 0 Å². The Balaban J connectivity index is 2.12. The minimum atomic E-state index is -3.54. The van der Waals surface area contributed by atoms with E-state index in [1.54, 1.807) is 6.07 Å². The minimum absolute atomic E-state index is 0.0125. The summed E-state index contributed by atoms with van der Waals surface area (Å²) >= 11 is 0. The van der Waals surface area contributed by atoms with Gasteiger partial charge in [-0.25, -0.2) is 18.1 Å². The topological polar surface area (TPSA) is 85.1 Å². The average molecular weight is 297 g/mol. The molecule has 6 heteroatoms. The van der Waals surface area contributed by atoms with Crippen molar-refractivity contribution in [2.75, 3.05) is 0 Å². The molecule has 3 N–H and O–H groups in total. The van der Waals surface area contributed by atoms with Crippen LogP contribution in [0.5, 0.6) is 0 Å². The molecule has 5 nitrogen and oxygen atoms in total. The molecule has 1 saturated carbocycles. The van der Waals surface area contributed by atoms with Crippen LogP contribution in [0, 0.1) is 5.92 Å². The third-order valence-electron chi connectivity index (χ3n) is 3.98. The highest BCUT2D eigenvalue weighted by Gasteiger charge is 2.26. The summed E-state index contributed by atoms with van der Waals surface area (Å²) in [5.41, 5.74) is 6.31. The number of aromatic nitrogens is 1. The molecule has 1 aromatic rings. The highest BCUT2D eigenvalue weighted by Crippen LogP contribution is 2.24. The van der Waals surface area contributed by atoms with E-state index >= 15 is 0 Å². The molecule has 0 amide bonds. The van der Waals surface area contributed by atoms with E-state index in [2.05, 4.69) is 16.6 Å². The zero-order valence-electron chi connectivity index (χ0n) is 11.9. The predicted molar refractivity (Wildman–Crippen MR) is 78.5 cm³/mol. The van der Waals surface area contributed by atoms with E-state index in [9.17, 15) is 8.42 Å². The molecule has 20 heavy (non-hydrogen) atoms. The minimum Gasteiger partial charge on any atom is -0.326 e. The fourth-order valence-corrected chi connectivity index (χ4v) is 3.93. The molecule has 1 aliphatic rings. The molecule has 1 aliphatic carbocycles. The van der Waals surface area contributed by atoms with Crippen molar-refractivity contribution in [3.63, 3.8) is 0 Å². The molecule has 0 radical (unpaired) electrons. The summed E-state index contributed by atoms with van der Waals surface area (Å²) in [6.45, 7) is 2.48. The summed E-state index contributed by atoms with van der Waals surface area (Å²) in [6, 6.07) is 3.24. The van der Waals surface area contributed by atoms with Gasteiger partial charge in [-0.1, -0.05) is 32.3 Å². The van der Waals surface area contributed by atoms with E-state index in [0.717, 1.165) is 24.8 Å². The van der Waals surface area contributed by atoms with Crippen molar-refractivity contribution in [1.29, 1.82) is 0 Å². The smallest absolute Gasteiger partial charge is 0.258 e. The fourth-order valence-electron chi connectivity index (χ4n) is 2.62. The summed E-state index contributed by atoms with van der Waals surface area (Å²) < 4.78 is 27.5. The van der Waals surface area contributed by atoms with Gasteiger partial charge in [0, 0.05) is 18.8 Å². The molecule has 0 saturated heterocycles. The number of hydrogen-bond donors (Lipinski definition) is 2. The van der Waals surface area contributed by atoms with Gasteiger partial charge >= 0.3 is 0 Å². The Hall–Kier alpha value is -0.980. The third kappa shape index (κ3) is 3.77. The van der Waals surface area contributed by atoms with Crippen molar-refractivity contribution in [2.45, 2.75) is 56.6 Å².